The first-order valence-corrected chi connectivity index (χ1v) is 23.0. The molecule has 2 atom stereocenters. The van der Waals surface area contributed by atoms with Gasteiger partial charge in [0.1, 0.15) is 0 Å². The maximum absolute atomic E-state index is 2.50. The molecule has 0 amide bonds. The van der Waals surface area contributed by atoms with Crippen LogP contribution in [0.1, 0.15) is 56.3 Å². The van der Waals surface area contributed by atoms with Crippen LogP contribution in [0.15, 0.2) is 141 Å². The molecular formula is C51H62N6S2+4. The van der Waals surface area contributed by atoms with Gasteiger partial charge in [-0.1, -0.05) is 72.1 Å². The zero-order chi connectivity index (χ0) is 41.3. The molecule has 304 valence electrons. The molecule has 8 rings (SSSR count). The summed E-state index contributed by atoms with van der Waals surface area (Å²) in [5, 5.41) is 5.15. The first-order valence-electron chi connectivity index (χ1n) is 21.3. The minimum Gasteiger partial charge on any atom is -0.338 e. The van der Waals surface area contributed by atoms with E-state index in [0.717, 1.165) is 34.9 Å². The Balaban J connectivity index is 0.851. The van der Waals surface area contributed by atoms with Crippen LogP contribution in [0.3, 0.4) is 0 Å². The van der Waals surface area contributed by atoms with Crippen molar-refractivity contribution in [1.29, 1.82) is 0 Å². The van der Waals surface area contributed by atoms with Crippen molar-refractivity contribution in [1.82, 2.24) is 0 Å². The first-order chi connectivity index (χ1) is 28.4. The molecule has 59 heavy (non-hydrogen) atoms. The Bertz CT molecular complexity index is 2370. The Hall–Kier alpha value is -4.60. The third-order valence-electron chi connectivity index (χ3n) is 12.7. The van der Waals surface area contributed by atoms with Crippen molar-refractivity contribution in [3.8, 4) is 0 Å². The maximum atomic E-state index is 2.50. The molecule has 8 heteroatoms. The SMILES string of the molecule is CC(CC[N+](C)(C)CCC[N+](C)(C)CCC(C)[n+]1ccc(C=C2Sc3ccccc3N2C)c2ccccc21)[n+]1ccc(C=C2Sc3ccccc3N2C)c2ccccc21. The van der Waals surface area contributed by atoms with Crippen LogP contribution in [0.2, 0.25) is 0 Å². The average Bonchev–Trinajstić information content (AvgIpc) is 3.73. The van der Waals surface area contributed by atoms with E-state index in [-0.39, 0.29) is 0 Å². The van der Waals surface area contributed by atoms with Gasteiger partial charge in [0.25, 0.3) is 0 Å². The predicted molar refractivity (Wildman–Crippen MR) is 253 cm³/mol. The van der Waals surface area contributed by atoms with Crippen molar-refractivity contribution < 1.29 is 18.1 Å². The van der Waals surface area contributed by atoms with Gasteiger partial charge in [-0.05, 0) is 73.5 Å². The molecule has 0 fully saturated rings. The molecular weight excluding hydrogens is 761 g/mol. The van der Waals surface area contributed by atoms with E-state index in [9.17, 15) is 0 Å². The van der Waals surface area contributed by atoms with Crippen molar-refractivity contribution in [2.45, 2.75) is 55.0 Å². The molecule has 0 radical (unpaired) electrons. The third kappa shape index (κ3) is 8.97. The molecule has 4 aromatic carbocycles. The van der Waals surface area contributed by atoms with Gasteiger partial charge in [0.05, 0.1) is 99.4 Å². The standard InChI is InChI=1S/C51H62N6S2/c1-38(54-30-26-40(42-18-9-11-20-44(42)54)36-50-52(3)46-22-13-15-24-48(46)58-50)28-34-56(5,6)32-17-33-57(7,8)35-29-39(2)55-31-27-41(43-19-10-12-21-45(43)55)37-51-53(4)47-23-14-16-25-49(47)59-51/h9-16,18-27,30-31,36-39H,17,28-29,32-35H2,1-8H3/q+4. The monoisotopic (exact) mass is 822 g/mol. The number of para-hydroxylation sites is 4. The topological polar surface area (TPSA) is 14.2 Å². The summed E-state index contributed by atoms with van der Waals surface area (Å²) in [4.78, 5) is 7.27. The molecule has 0 saturated heterocycles. The second-order valence-corrected chi connectivity index (χ2v) is 20.1. The van der Waals surface area contributed by atoms with E-state index in [0.29, 0.717) is 12.1 Å². The van der Waals surface area contributed by atoms with Crippen LogP contribution in [0.25, 0.3) is 34.0 Å². The number of anilines is 2. The lowest BCUT2D eigenvalue weighted by molar-refractivity contribution is -0.912. The van der Waals surface area contributed by atoms with Crippen LogP contribution in [-0.2, 0) is 0 Å². The fraction of sp³-hybridized carbons (Fsp3) is 0.333. The Morgan fingerprint density at radius 3 is 1.34 bits per heavy atom. The van der Waals surface area contributed by atoms with E-state index < -0.39 is 0 Å². The number of pyridine rings is 2. The molecule has 2 aliphatic heterocycles. The lowest BCUT2D eigenvalue weighted by atomic mass is 10.1. The fourth-order valence-corrected chi connectivity index (χ4v) is 11.0. The van der Waals surface area contributed by atoms with Gasteiger partial charge in [-0.3, -0.25) is 0 Å². The number of hydrogen-bond donors (Lipinski definition) is 0. The van der Waals surface area contributed by atoms with Crippen LogP contribution < -0.4 is 18.9 Å². The second kappa shape index (κ2) is 17.2. The summed E-state index contributed by atoms with van der Waals surface area (Å²) in [5.74, 6) is 0. The summed E-state index contributed by atoms with van der Waals surface area (Å²) in [5.41, 5.74) is 7.71. The first kappa shape index (κ1) is 41.1. The van der Waals surface area contributed by atoms with Gasteiger partial charge in [0, 0.05) is 54.6 Å². The van der Waals surface area contributed by atoms with Gasteiger partial charge in [-0.2, -0.15) is 9.13 Å². The van der Waals surface area contributed by atoms with E-state index in [1.54, 1.807) is 0 Å². The van der Waals surface area contributed by atoms with Crippen molar-refractivity contribution in [2.24, 2.45) is 0 Å². The molecule has 4 heterocycles. The summed E-state index contributed by atoms with van der Waals surface area (Å²) in [7, 11) is 14.0. The molecule has 6 aromatic rings. The van der Waals surface area contributed by atoms with Crippen LogP contribution in [0.5, 0.6) is 0 Å². The normalized spacial score (nSPS) is 16.7. The quantitative estimate of drug-likeness (QED) is 0.0802. The van der Waals surface area contributed by atoms with Gasteiger partial charge >= 0.3 is 0 Å². The number of fused-ring (bicyclic) bond motifs is 4. The van der Waals surface area contributed by atoms with Crippen molar-refractivity contribution in [3.05, 3.63) is 143 Å². The maximum Gasteiger partial charge on any atom is 0.213 e. The molecule has 0 saturated carbocycles. The predicted octanol–water partition coefficient (Wildman–Crippen LogP) is 10.8. The Labute approximate surface area is 361 Å². The van der Waals surface area contributed by atoms with Gasteiger partial charge in [0.15, 0.2) is 24.5 Å². The molecule has 2 unspecified atom stereocenters. The zero-order valence-corrected chi connectivity index (χ0v) is 37.9. The summed E-state index contributed by atoms with van der Waals surface area (Å²) in [6, 6.07) is 40.6. The van der Waals surface area contributed by atoms with Gasteiger partial charge in [-0.25, -0.2) is 0 Å². The summed E-state index contributed by atoms with van der Waals surface area (Å²) in [6.07, 6.45) is 12.8. The third-order valence-corrected chi connectivity index (χ3v) is 15.0. The number of hydrogen-bond acceptors (Lipinski definition) is 4. The molecule has 2 aromatic heterocycles. The van der Waals surface area contributed by atoms with E-state index in [1.165, 1.54) is 83.7 Å². The second-order valence-electron chi connectivity index (χ2n) is 18.0. The largest absolute Gasteiger partial charge is 0.338 e. The van der Waals surface area contributed by atoms with E-state index in [2.05, 4.69) is 209 Å². The lowest BCUT2D eigenvalue weighted by Crippen LogP contribution is -2.48. The number of rotatable bonds is 14. The number of aromatic nitrogens is 2. The highest BCUT2D eigenvalue weighted by molar-refractivity contribution is 8.04. The highest BCUT2D eigenvalue weighted by Gasteiger charge is 2.28. The molecule has 0 aliphatic carbocycles. The van der Waals surface area contributed by atoms with Crippen LogP contribution in [0.4, 0.5) is 11.4 Å². The fourth-order valence-electron chi connectivity index (χ4n) is 8.83. The number of benzene rings is 4. The van der Waals surface area contributed by atoms with Crippen LogP contribution >= 0.6 is 23.5 Å². The minimum absolute atomic E-state index is 0.403. The summed E-state index contributed by atoms with van der Waals surface area (Å²) in [6.45, 7) is 9.45. The number of quaternary nitrogens is 2. The van der Waals surface area contributed by atoms with Crippen LogP contribution in [-0.4, -0.2) is 77.4 Å². The Kier molecular flexibility index (Phi) is 12.0. The van der Waals surface area contributed by atoms with E-state index in [4.69, 9.17) is 0 Å². The zero-order valence-electron chi connectivity index (χ0n) is 36.3. The van der Waals surface area contributed by atoms with Crippen LogP contribution in [0, 0.1) is 0 Å². The summed E-state index contributed by atoms with van der Waals surface area (Å²) < 4.78 is 7.07. The molecule has 0 bridgehead atoms. The Morgan fingerprint density at radius 1 is 0.525 bits per heavy atom. The lowest BCUT2D eigenvalue weighted by Gasteiger charge is -2.34. The van der Waals surface area contributed by atoms with Crippen molar-refractivity contribution in [3.63, 3.8) is 0 Å². The van der Waals surface area contributed by atoms with E-state index >= 15 is 0 Å². The highest BCUT2D eigenvalue weighted by Crippen LogP contribution is 2.47. The molecule has 2 aliphatic rings. The van der Waals surface area contributed by atoms with Crippen molar-refractivity contribution in [2.75, 3.05) is 78.3 Å². The minimum atomic E-state index is 0.403. The van der Waals surface area contributed by atoms with Gasteiger partial charge in [0.2, 0.25) is 11.0 Å². The number of nitrogens with zero attached hydrogens (tertiary/aromatic N) is 6. The molecule has 0 spiro atoms. The summed E-state index contributed by atoms with van der Waals surface area (Å²) >= 11 is 3.71. The van der Waals surface area contributed by atoms with Gasteiger partial charge in [-0.15, -0.1) is 0 Å². The smallest absolute Gasteiger partial charge is 0.213 e. The molecule has 0 N–H and O–H groups in total. The average molecular weight is 823 g/mol. The van der Waals surface area contributed by atoms with Crippen molar-refractivity contribution >= 4 is 68.9 Å². The van der Waals surface area contributed by atoms with Gasteiger partial charge < -0.3 is 18.8 Å². The highest BCUT2D eigenvalue weighted by atomic mass is 32.2. The number of thioether (sulfide) groups is 2. The Morgan fingerprint density at radius 2 is 0.915 bits per heavy atom. The van der Waals surface area contributed by atoms with E-state index in [1.807, 2.05) is 23.5 Å². The molecule has 6 nitrogen and oxygen atoms in total.